The molecule has 0 fully saturated rings. The first kappa shape index (κ1) is 12.9. The lowest BCUT2D eigenvalue weighted by Crippen LogP contribution is -2.15. The highest BCUT2D eigenvalue weighted by Crippen LogP contribution is 2.32. The van der Waals surface area contributed by atoms with Gasteiger partial charge in [-0.2, -0.15) is 4.37 Å². The van der Waals surface area contributed by atoms with Crippen LogP contribution in [0.25, 0.3) is 0 Å². The van der Waals surface area contributed by atoms with Gasteiger partial charge in [0, 0.05) is 17.7 Å². The third-order valence-electron chi connectivity index (χ3n) is 2.46. The van der Waals surface area contributed by atoms with Gasteiger partial charge in [0.05, 0.1) is 0 Å². The van der Waals surface area contributed by atoms with Crippen molar-refractivity contribution in [2.45, 2.75) is 51.8 Å². The van der Waals surface area contributed by atoms with Gasteiger partial charge in [-0.25, -0.2) is 4.98 Å². The molecule has 1 aromatic rings. The number of hydrogen-bond acceptors (Lipinski definition) is 3. The molecule has 0 aromatic carbocycles. The predicted molar refractivity (Wildman–Crippen MR) is 66.8 cm³/mol. The molecule has 0 aliphatic heterocycles. The van der Waals surface area contributed by atoms with Crippen molar-refractivity contribution in [3.8, 4) is 0 Å². The summed E-state index contributed by atoms with van der Waals surface area (Å²) >= 11 is 7.71. The lowest BCUT2D eigenvalue weighted by atomic mass is 9.93. The zero-order valence-electron chi connectivity index (χ0n) is 9.83. The van der Waals surface area contributed by atoms with Crippen LogP contribution < -0.4 is 0 Å². The minimum Gasteiger partial charge on any atom is -0.224 e. The van der Waals surface area contributed by atoms with E-state index >= 15 is 0 Å². The molecule has 1 heterocycles. The molecule has 0 aliphatic rings. The molecule has 2 unspecified atom stereocenters. The Hall–Kier alpha value is -0.150. The molecule has 0 saturated carbocycles. The van der Waals surface area contributed by atoms with E-state index < -0.39 is 0 Å². The Morgan fingerprint density at radius 3 is 2.47 bits per heavy atom. The van der Waals surface area contributed by atoms with E-state index in [0.29, 0.717) is 11.8 Å². The zero-order valence-corrected chi connectivity index (χ0v) is 11.4. The van der Waals surface area contributed by atoms with E-state index in [9.17, 15) is 0 Å². The van der Waals surface area contributed by atoms with Crippen molar-refractivity contribution in [1.82, 2.24) is 9.36 Å². The molecule has 0 spiro atoms. The number of nitrogens with zero attached hydrogens (tertiary/aromatic N) is 2. The Bertz CT molecular complexity index is 289. The Labute approximate surface area is 101 Å². The van der Waals surface area contributed by atoms with Crippen LogP contribution in [0.4, 0.5) is 0 Å². The van der Waals surface area contributed by atoms with E-state index in [-0.39, 0.29) is 5.38 Å². The molecule has 1 rings (SSSR count). The summed E-state index contributed by atoms with van der Waals surface area (Å²) in [4.78, 5) is 4.57. The second kappa shape index (κ2) is 5.80. The Morgan fingerprint density at radius 2 is 2.00 bits per heavy atom. The SMILES string of the molecule is CCCc1nsc(C(C(C)C)C(C)Cl)n1. The summed E-state index contributed by atoms with van der Waals surface area (Å²) in [6.45, 7) is 8.55. The summed E-state index contributed by atoms with van der Waals surface area (Å²) < 4.78 is 4.36. The lowest BCUT2D eigenvalue weighted by molar-refractivity contribution is 0.487. The molecule has 4 heteroatoms. The van der Waals surface area contributed by atoms with Crippen LogP contribution in [0.2, 0.25) is 0 Å². The van der Waals surface area contributed by atoms with Crippen LogP contribution in [-0.4, -0.2) is 14.7 Å². The van der Waals surface area contributed by atoms with Crippen LogP contribution >= 0.6 is 23.1 Å². The molecule has 0 bridgehead atoms. The van der Waals surface area contributed by atoms with Gasteiger partial charge in [0.1, 0.15) is 10.8 Å². The van der Waals surface area contributed by atoms with Crippen molar-refractivity contribution in [2.75, 3.05) is 0 Å². The molecule has 0 saturated heterocycles. The summed E-state index contributed by atoms with van der Waals surface area (Å²) in [7, 11) is 0. The fraction of sp³-hybridized carbons (Fsp3) is 0.818. The molecule has 0 aliphatic carbocycles. The number of hydrogen-bond donors (Lipinski definition) is 0. The average Bonchev–Trinajstić information content (AvgIpc) is 2.52. The first-order valence-electron chi connectivity index (χ1n) is 5.52. The van der Waals surface area contributed by atoms with Gasteiger partial charge in [-0.05, 0) is 30.8 Å². The Morgan fingerprint density at radius 1 is 1.33 bits per heavy atom. The average molecular weight is 247 g/mol. The summed E-state index contributed by atoms with van der Waals surface area (Å²) in [6, 6.07) is 0. The van der Waals surface area contributed by atoms with Gasteiger partial charge in [-0.15, -0.1) is 11.6 Å². The predicted octanol–water partition coefficient (Wildman–Crippen LogP) is 3.86. The van der Waals surface area contributed by atoms with Gasteiger partial charge >= 0.3 is 0 Å². The molecule has 0 N–H and O–H groups in total. The molecule has 0 amide bonds. The number of aryl methyl sites for hydroxylation is 1. The van der Waals surface area contributed by atoms with Gasteiger partial charge in [0.2, 0.25) is 0 Å². The van der Waals surface area contributed by atoms with Crippen molar-refractivity contribution in [3.05, 3.63) is 10.8 Å². The largest absolute Gasteiger partial charge is 0.224 e. The standard InChI is InChI=1S/C11H19ClN2S/c1-5-6-9-13-11(15-14-9)10(7(2)3)8(4)12/h7-8,10H,5-6H2,1-4H3. The molecule has 1 aromatic heterocycles. The van der Waals surface area contributed by atoms with Crippen molar-refractivity contribution in [1.29, 1.82) is 0 Å². The minimum absolute atomic E-state index is 0.118. The maximum Gasteiger partial charge on any atom is 0.142 e. The van der Waals surface area contributed by atoms with Crippen molar-refractivity contribution in [3.63, 3.8) is 0 Å². The van der Waals surface area contributed by atoms with Crippen LogP contribution in [0.1, 0.15) is 50.9 Å². The second-order valence-corrected chi connectivity index (χ2v) is 5.72. The minimum atomic E-state index is 0.118. The molecule has 86 valence electrons. The van der Waals surface area contributed by atoms with E-state index in [2.05, 4.69) is 30.1 Å². The van der Waals surface area contributed by atoms with Gasteiger partial charge < -0.3 is 0 Å². The monoisotopic (exact) mass is 246 g/mol. The molecular formula is C11H19ClN2S. The third-order valence-corrected chi connectivity index (χ3v) is 3.58. The maximum atomic E-state index is 6.20. The van der Waals surface area contributed by atoms with Gasteiger partial charge in [-0.1, -0.05) is 20.8 Å². The molecule has 2 atom stereocenters. The van der Waals surface area contributed by atoms with E-state index in [0.717, 1.165) is 23.7 Å². The van der Waals surface area contributed by atoms with Gasteiger partial charge in [-0.3, -0.25) is 0 Å². The molecular weight excluding hydrogens is 228 g/mol. The van der Waals surface area contributed by atoms with E-state index in [1.807, 2.05) is 6.92 Å². The highest BCUT2D eigenvalue weighted by molar-refractivity contribution is 7.05. The van der Waals surface area contributed by atoms with E-state index in [1.165, 1.54) is 11.5 Å². The highest BCUT2D eigenvalue weighted by atomic mass is 35.5. The number of alkyl halides is 1. The van der Waals surface area contributed by atoms with Crippen molar-refractivity contribution in [2.24, 2.45) is 5.92 Å². The first-order valence-corrected chi connectivity index (χ1v) is 6.73. The summed E-state index contributed by atoms with van der Waals surface area (Å²) in [5, 5.41) is 1.21. The summed E-state index contributed by atoms with van der Waals surface area (Å²) in [5.41, 5.74) is 0. The maximum absolute atomic E-state index is 6.20. The normalized spacial score (nSPS) is 15.6. The second-order valence-electron chi connectivity index (χ2n) is 4.25. The molecule has 0 radical (unpaired) electrons. The van der Waals surface area contributed by atoms with Crippen molar-refractivity contribution < 1.29 is 0 Å². The fourth-order valence-corrected chi connectivity index (χ4v) is 3.30. The van der Waals surface area contributed by atoms with Crippen LogP contribution in [-0.2, 0) is 6.42 Å². The van der Waals surface area contributed by atoms with Gasteiger partial charge in [0.25, 0.3) is 0 Å². The molecule has 15 heavy (non-hydrogen) atoms. The number of rotatable bonds is 5. The highest BCUT2D eigenvalue weighted by Gasteiger charge is 2.24. The first-order chi connectivity index (χ1) is 7.06. The Kier molecular flexibility index (Phi) is 5.00. The van der Waals surface area contributed by atoms with E-state index in [4.69, 9.17) is 11.6 Å². The number of halogens is 1. The lowest BCUT2D eigenvalue weighted by Gasteiger charge is -2.19. The Balaban J connectivity index is 2.82. The summed E-state index contributed by atoms with van der Waals surface area (Å²) in [5.74, 6) is 1.81. The topological polar surface area (TPSA) is 25.8 Å². The molecule has 2 nitrogen and oxygen atoms in total. The van der Waals surface area contributed by atoms with Crippen LogP contribution in [0.5, 0.6) is 0 Å². The smallest absolute Gasteiger partial charge is 0.142 e. The quantitative estimate of drug-likeness (QED) is 0.738. The van der Waals surface area contributed by atoms with Gasteiger partial charge in [0.15, 0.2) is 0 Å². The van der Waals surface area contributed by atoms with Crippen LogP contribution in [0, 0.1) is 5.92 Å². The van der Waals surface area contributed by atoms with Crippen LogP contribution in [0.15, 0.2) is 0 Å². The van der Waals surface area contributed by atoms with Crippen molar-refractivity contribution >= 4 is 23.1 Å². The zero-order chi connectivity index (χ0) is 11.4. The number of aromatic nitrogens is 2. The van der Waals surface area contributed by atoms with Crippen LogP contribution in [0.3, 0.4) is 0 Å². The third kappa shape index (κ3) is 3.42. The van der Waals surface area contributed by atoms with E-state index in [1.54, 1.807) is 0 Å². The summed E-state index contributed by atoms with van der Waals surface area (Å²) in [6.07, 6.45) is 2.07. The fourth-order valence-electron chi connectivity index (χ4n) is 1.74.